The molecular weight excluding hydrogens is 287 g/mol. The highest BCUT2D eigenvalue weighted by molar-refractivity contribution is 7.80. The number of hydrogen-bond donors (Lipinski definition) is 2. The van der Waals surface area contributed by atoms with Crippen molar-refractivity contribution in [2.45, 2.75) is 46.1 Å². The molecule has 1 fully saturated rings. The van der Waals surface area contributed by atoms with Crippen LogP contribution in [-0.4, -0.2) is 10.9 Å². The van der Waals surface area contributed by atoms with Crippen molar-refractivity contribution in [1.29, 1.82) is 0 Å². The van der Waals surface area contributed by atoms with Gasteiger partial charge in [-0.25, -0.2) is 4.39 Å². The van der Waals surface area contributed by atoms with E-state index in [-0.39, 0.29) is 16.7 Å². The number of nitrogens with one attached hydrogen (secondary N) is 1. The highest BCUT2D eigenvalue weighted by Gasteiger charge is 2.43. The van der Waals surface area contributed by atoms with Gasteiger partial charge in [-0.1, -0.05) is 37.2 Å². The van der Waals surface area contributed by atoms with Crippen LogP contribution in [0.4, 0.5) is 4.39 Å². The quantitative estimate of drug-likeness (QED) is 0.841. The van der Waals surface area contributed by atoms with E-state index in [0.717, 1.165) is 31.2 Å². The molecule has 114 valence electrons. The third kappa shape index (κ3) is 3.07. The Hall–Kier alpha value is -1.49. The van der Waals surface area contributed by atoms with Gasteiger partial charge >= 0.3 is 0 Å². The van der Waals surface area contributed by atoms with Crippen LogP contribution >= 0.6 is 12.2 Å². The number of carbonyl (C=O) groups is 1. The fourth-order valence-corrected chi connectivity index (χ4v) is 3.35. The summed E-state index contributed by atoms with van der Waals surface area (Å²) in [6.07, 6.45) is 3.38. The fourth-order valence-electron chi connectivity index (χ4n) is 3.05. The van der Waals surface area contributed by atoms with E-state index >= 15 is 0 Å². The van der Waals surface area contributed by atoms with Crippen LogP contribution in [0.5, 0.6) is 0 Å². The van der Waals surface area contributed by atoms with Gasteiger partial charge in [0, 0.05) is 6.54 Å². The minimum Gasteiger partial charge on any atom is -0.392 e. The van der Waals surface area contributed by atoms with Crippen molar-refractivity contribution < 1.29 is 9.18 Å². The molecule has 0 saturated heterocycles. The molecule has 0 radical (unpaired) electrons. The molecule has 0 aliphatic heterocycles. The number of hydrogen-bond acceptors (Lipinski definition) is 2. The number of carbonyl (C=O) groups excluding carboxylic acids is 1. The third-order valence-electron chi connectivity index (χ3n) is 4.31. The highest BCUT2D eigenvalue weighted by Crippen LogP contribution is 2.38. The van der Waals surface area contributed by atoms with Crippen LogP contribution in [0.3, 0.4) is 0 Å². The molecule has 2 rings (SSSR count). The second-order valence-corrected chi connectivity index (χ2v) is 6.32. The number of rotatable bonds is 4. The average Bonchev–Trinajstić information content (AvgIpc) is 2.92. The highest BCUT2D eigenvalue weighted by atomic mass is 32.1. The van der Waals surface area contributed by atoms with Gasteiger partial charge in [0.2, 0.25) is 5.91 Å². The molecule has 5 heteroatoms. The number of halogens is 1. The molecule has 3 N–H and O–H groups in total. The predicted octanol–water partition coefficient (Wildman–Crippen LogP) is 2.91. The molecule has 0 spiro atoms. The van der Waals surface area contributed by atoms with Gasteiger partial charge in [0.05, 0.1) is 10.4 Å². The molecule has 1 aromatic carbocycles. The maximum Gasteiger partial charge on any atom is 0.233 e. The number of amides is 1. The Morgan fingerprint density at radius 3 is 2.33 bits per heavy atom. The van der Waals surface area contributed by atoms with Gasteiger partial charge in [0.15, 0.2) is 0 Å². The lowest BCUT2D eigenvalue weighted by Crippen LogP contribution is -2.46. The Kier molecular flexibility index (Phi) is 4.61. The first kappa shape index (κ1) is 15.9. The van der Waals surface area contributed by atoms with Crippen LogP contribution < -0.4 is 11.1 Å². The number of benzene rings is 1. The molecule has 3 nitrogen and oxygen atoms in total. The molecule has 1 amide bonds. The van der Waals surface area contributed by atoms with E-state index < -0.39 is 5.41 Å². The molecule has 1 aliphatic carbocycles. The van der Waals surface area contributed by atoms with Gasteiger partial charge in [-0.15, -0.1) is 0 Å². The Labute approximate surface area is 130 Å². The summed E-state index contributed by atoms with van der Waals surface area (Å²) >= 11 is 5.10. The lowest BCUT2D eigenvalue weighted by molar-refractivity contribution is -0.127. The van der Waals surface area contributed by atoms with E-state index in [1.165, 1.54) is 0 Å². The van der Waals surface area contributed by atoms with Crippen molar-refractivity contribution in [3.63, 3.8) is 0 Å². The van der Waals surface area contributed by atoms with E-state index in [1.54, 1.807) is 26.0 Å². The van der Waals surface area contributed by atoms with Crippen LogP contribution in [0.15, 0.2) is 12.1 Å². The zero-order valence-electron chi connectivity index (χ0n) is 12.5. The maximum absolute atomic E-state index is 13.6. The van der Waals surface area contributed by atoms with Crippen LogP contribution in [0.25, 0.3) is 0 Å². The summed E-state index contributed by atoms with van der Waals surface area (Å²) in [6.45, 7) is 3.81. The summed E-state index contributed by atoms with van der Waals surface area (Å²) in [5.41, 5.74) is 7.16. The summed E-state index contributed by atoms with van der Waals surface area (Å²) in [5, 5.41) is 2.91. The number of aryl methyl sites for hydroxylation is 2. The smallest absolute Gasteiger partial charge is 0.233 e. The van der Waals surface area contributed by atoms with Gasteiger partial charge in [-0.2, -0.15) is 0 Å². The van der Waals surface area contributed by atoms with E-state index in [0.29, 0.717) is 17.7 Å². The Morgan fingerprint density at radius 1 is 1.33 bits per heavy atom. The summed E-state index contributed by atoms with van der Waals surface area (Å²) in [6, 6.07) is 3.51. The van der Waals surface area contributed by atoms with Crippen molar-refractivity contribution in [2.75, 3.05) is 0 Å². The lowest BCUT2D eigenvalue weighted by Gasteiger charge is -2.26. The first-order valence-corrected chi connectivity index (χ1v) is 7.61. The van der Waals surface area contributed by atoms with E-state index in [2.05, 4.69) is 5.32 Å². The Balaban J connectivity index is 2.09. The monoisotopic (exact) mass is 308 g/mol. The fraction of sp³-hybridized carbons (Fsp3) is 0.500. The van der Waals surface area contributed by atoms with E-state index in [1.807, 2.05) is 0 Å². The molecule has 0 aromatic heterocycles. The molecule has 1 saturated carbocycles. The van der Waals surface area contributed by atoms with Crippen molar-refractivity contribution in [3.05, 3.63) is 34.6 Å². The minimum absolute atomic E-state index is 0.105. The van der Waals surface area contributed by atoms with Crippen molar-refractivity contribution in [3.8, 4) is 0 Å². The summed E-state index contributed by atoms with van der Waals surface area (Å²) in [7, 11) is 0. The normalized spacial score (nSPS) is 16.7. The summed E-state index contributed by atoms with van der Waals surface area (Å²) in [4.78, 5) is 12.7. The molecule has 0 unspecified atom stereocenters. The zero-order chi connectivity index (χ0) is 15.6. The van der Waals surface area contributed by atoms with Gasteiger partial charge in [0.1, 0.15) is 5.82 Å². The molecule has 1 aromatic rings. The first-order chi connectivity index (χ1) is 9.86. The largest absolute Gasteiger partial charge is 0.392 e. The minimum atomic E-state index is -0.695. The molecule has 1 aliphatic rings. The Morgan fingerprint density at radius 2 is 1.86 bits per heavy atom. The molecular formula is C16H21FN2OS. The maximum atomic E-state index is 13.6. The summed E-state index contributed by atoms with van der Waals surface area (Å²) in [5.74, 6) is -0.299. The first-order valence-electron chi connectivity index (χ1n) is 7.20. The third-order valence-corrected chi connectivity index (χ3v) is 4.70. The second kappa shape index (κ2) is 6.10. The second-order valence-electron chi connectivity index (χ2n) is 5.88. The molecule has 0 bridgehead atoms. The van der Waals surface area contributed by atoms with Crippen LogP contribution in [0.2, 0.25) is 0 Å². The SMILES string of the molecule is Cc1cc(CNC(=O)C2(C(N)=S)CCCC2)cc(C)c1F. The van der Waals surface area contributed by atoms with E-state index in [4.69, 9.17) is 18.0 Å². The average molecular weight is 308 g/mol. The topological polar surface area (TPSA) is 55.1 Å². The standard InChI is InChI=1S/C16H21FN2OS/c1-10-7-12(8-11(2)13(10)17)9-19-15(20)16(14(18)21)5-3-4-6-16/h7-8H,3-6,9H2,1-2H3,(H2,18,21)(H,19,20). The number of nitrogens with two attached hydrogens (primary N) is 1. The molecule has 21 heavy (non-hydrogen) atoms. The van der Waals surface area contributed by atoms with E-state index in [9.17, 15) is 9.18 Å². The molecule has 0 atom stereocenters. The van der Waals surface area contributed by atoms with Gasteiger partial charge in [-0.05, 0) is 43.4 Å². The Bertz CT molecular complexity index is 557. The van der Waals surface area contributed by atoms with Crippen molar-refractivity contribution in [2.24, 2.45) is 11.1 Å². The van der Waals surface area contributed by atoms with Crippen LogP contribution in [0, 0.1) is 25.1 Å². The number of thiocarbonyl (C=S) groups is 1. The lowest BCUT2D eigenvalue weighted by atomic mass is 9.85. The molecule has 0 heterocycles. The zero-order valence-corrected chi connectivity index (χ0v) is 13.3. The van der Waals surface area contributed by atoms with Gasteiger partial charge < -0.3 is 11.1 Å². The van der Waals surface area contributed by atoms with Crippen LogP contribution in [0.1, 0.15) is 42.4 Å². The predicted molar refractivity (Wildman–Crippen MR) is 85.4 cm³/mol. The van der Waals surface area contributed by atoms with Gasteiger partial charge in [-0.3, -0.25) is 4.79 Å². The van der Waals surface area contributed by atoms with Crippen LogP contribution in [-0.2, 0) is 11.3 Å². The van der Waals surface area contributed by atoms with Crippen molar-refractivity contribution in [1.82, 2.24) is 5.32 Å². The van der Waals surface area contributed by atoms with Gasteiger partial charge in [0.25, 0.3) is 0 Å². The van der Waals surface area contributed by atoms with Crippen molar-refractivity contribution >= 4 is 23.1 Å². The summed E-state index contributed by atoms with van der Waals surface area (Å²) < 4.78 is 13.6.